The number of para-hydroxylation sites is 1. The fraction of sp³-hybridized carbons (Fsp3) is 0.222. The number of benzene rings is 1. The fourth-order valence-electron chi connectivity index (χ4n) is 0.996. The zero-order valence-electron chi connectivity index (χ0n) is 7.95. The molecule has 0 aliphatic rings. The lowest BCUT2D eigenvalue weighted by Crippen LogP contribution is -2.19. The Morgan fingerprint density at radius 1 is 1.31 bits per heavy atom. The van der Waals surface area contributed by atoms with Crippen molar-refractivity contribution < 1.29 is 27.4 Å². The Hall–Kier alpha value is -1.92. The van der Waals surface area contributed by atoms with Gasteiger partial charge in [-0.15, -0.1) is 13.2 Å². The van der Waals surface area contributed by atoms with Crippen molar-refractivity contribution in [2.75, 3.05) is 0 Å². The largest absolute Gasteiger partial charge is 0.573 e. The summed E-state index contributed by atoms with van der Waals surface area (Å²) in [5, 5.41) is 0. The Balaban J connectivity index is 2.79. The molecule has 1 amide bonds. The molecule has 0 aliphatic heterocycles. The number of primary amides is 1. The number of hydrogen-bond acceptors (Lipinski definition) is 3. The van der Waals surface area contributed by atoms with Crippen molar-refractivity contribution in [2.24, 2.45) is 5.73 Å². The molecule has 0 saturated heterocycles. The lowest BCUT2D eigenvalue weighted by atomic mass is 10.2. The molecule has 1 aromatic rings. The first kappa shape index (κ1) is 12.2. The number of alkyl halides is 3. The second-order valence-corrected chi connectivity index (χ2v) is 2.76. The number of amides is 1. The highest BCUT2D eigenvalue weighted by molar-refractivity contribution is 5.64. The van der Waals surface area contributed by atoms with Crippen LogP contribution in [0.4, 0.5) is 18.0 Å². The van der Waals surface area contributed by atoms with E-state index in [0.29, 0.717) is 0 Å². The van der Waals surface area contributed by atoms with Gasteiger partial charge in [0.25, 0.3) is 0 Å². The molecule has 0 unspecified atom stereocenters. The van der Waals surface area contributed by atoms with Crippen LogP contribution in [0.2, 0.25) is 0 Å². The van der Waals surface area contributed by atoms with Gasteiger partial charge in [0.05, 0.1) is 0 Å². The number of carbonyl (C=O) groups excluding carboxylic acids is 1. The lowest BCUT2D eigenvalue weighted by molar-refractivity contribution is -0.275. The van der Waals surface area contributed by atoms with E-state index in [1.165, 1.54) is 18.2 Å². The second kappa shape index (κ2) is 4.73. The summed E-state index contributed by atoms with van der Waals surface area (Å²) >= 11 is 0. The summed E-state index contributed by atoms with van der Waals surface area (Å²) in [5.41, 5.74) is 4.78. The first-order chi connectivity index (χ1) is 7.38. The van der Waals surface area contributed by atoms with Crippen molar-refractivity contribution in [1.82, 2.24) is 0 Å². The average molecular weight is 235 g/mol. The molecule has 1 aromatic carbocycles. The molecule has 0 saturated carbocycles. The van der Waals surface area contributed by atoms with Crippen molar-refractivity contribution >= 4 is 6.09 Å². The second-order valence-electron chi connectivity index (χ2n) is 2.76. The Bertz CT molecular complexity index is 379. The van der Waals surface area contributed by atoms with Crippen molar-refractivity contribution in [2.45, 2.75) is 13.0 Å². The van der Waals surface area contributed by atoms with Crippen LogP contribution in [0.5, 0.6) is 5.75 Å². The van der Waals surface area contributed by atoms with E-state index >= 15 is 0 Å². The number of ether oxygens (including phenoxy) is 2. The topological polar surface area (TPSA) is 61.6 Å². The Morgan fingerprint density at radius 3 is 2.50 bits per heavy atom. The minimum Gasteiger partial charge on any atom is -0.445 e. The van der Waals surface area contributed by atoms with Gasteiger partial charge in [-0.3, -0.25) is 0 Å². The van der Waals surface area contributed by atoms with Gasteiger partial charge < -0.3 is 15.2 Å². The van der Waals surface area contributed by atoms with E-state index < -0.39 is 18.2 Å². The van der Waals surface area contributed by atoms with E-state index in [9.17, 15) is 18.0 Å². The molecule has 0 spiro atoms. The van der Waals surface area contributed by atoms with Gasteiger partial charge in [-0.1, -0.05) is 18.2 Å². The maximum absolute atomic E-state index is 12.0. The molecular weight excluding hydrogens is 227 g/mol. The summed E-state index contributed by atoms with van der Waals surface area (Å²) in [6.45, 7) is -0.373. The smallest absolute Gasteiger partial charge is 0.445 e. The van der Waals surface area contributed by atoms with Gasteiger partial charge in [-0.25, -0.2) is 4.79 Å². The van der Waals surface area contributed by atoms with E-state index in [0.717, 1.165) is 6.07 Å². The monoisotopic (exact) mass is 235 g/mol. The molecule has 0 heterocycles. The van der Waals surface area contributed by atoms with Crippen LogP contribution in [0.3, 0.4) is 0 Å². The molecule has 7 heteroatoms. The Labute approximate surface area is 88.8 Å². The SMILES string of the molecule is NC(=O)OCc1ccccc1OC(F)(F)F. The normalized spacial score (nSPS) is 10.9. The van der Waals surface area contributed by atoms with E-state index in [2.05, 4.69) is 9.47 Å². The van der Waals surface area contributed by atoms with Crippen molar-refractivity contribution in [3.63, 3.8) is 0 Å². The number of nitrogens with two attached hydrogens (primary N) is 1. The van der Waals surface area contributed by atoms with E-state index in [1.54, 1.807) is 0 Å². The fourth-order valence-corrected chi connectivity index (χ4v) is 0.996. The number of halogens is 3. The first-order valence-electron chi connectivity index (χ1n) is 4.14. The molecule has 0 bridgehead atoms. The van der Waals surface area contributed by atoms with E-state index in [1.807, 2.05) is 0 Å². The van der Waals surface area contributed by atoms with Gasteiger partial charge >= 0.3 is 12.5 Å². The minimum atomic E-state index is -4.79. The van der Waals surface area contributed by atoms with Crippen LogP contribution in [-0.4, -0.2) is 12.5 Å². The maximum atomic E-state index is 12.0. The van der Waals surface area contributed by atoms with Crippen molar-refractivity contribution in [3.8, 4) is 5.75 Å². The van der Waals surface area contributed by atoms with Crippen LogP contribution in [0.1, 0.15) is 5.56 Å². The summed E-state index contributed by atoms with van der Waals surface area (Å²) in [5.74, 6) is -0.420. The minimum absolute atomic E-state index is 0.0821. The molecule has 2 N–H and O–H groups in total. The summed E-state index contributed by atoms with van der Waals surface area (Å²) in [6, 6.07) is 5.31. The van der Waals surface area contributed by atoms with Gasteiger partial charge in [0.15, 0.2) is 0 Å². The quantitative estimate of drug-likeness (QED) is 0.873. The molecule has 4 nitrogen and oxygen atoms in total. The van der Waals surface area contributed by atoms with Gasteiger partial charge in [0.1, 0.15) is 12.4 Å². The van der Waals surface area contributed by atoms with Gasteiger partial charge in [0, 0.05) is 5.56 Å². The molecule has 0 atom stereocenters. The van der Waals surface area contributed by atoms with Crippen LogP contribution in [0.25, 0.3) is 0 Å². The third kappa shape index (κ3) is 4.07. The zero-order chi connectivity index (χ0) is 12.2. The van der Waals surface area contributed by atoms with E-state index in [-0.39, 0.29) is 12.2 Å². The van der Waals surface area contributed by atoms with Crippen LogP contribution in [0.15, 0.2) is 24.3 Å². The molecule has 0 fully saturated rings. The zero-order valence-corrected chi connectivity index (χ0v) is 7.95. The molecular formula is C9H8F3NO3. The van der Waals surface area contributed by atoms with Crippen LogP contribution in [0, 0.1) is 0 Å². The predicted molar refractivity (Wildman–Crippen MR) is 47.5 cm³/mol. The van der Waals surface area contributed by atoms with E-state index in [4.69, 9.17) is 5.73 Å². The Morgan fingerprint density at radius 2 is 1.94 bits per heavy atom. The summed E-state index contributed by atoms with van der Waals surface area (Å²) in [7, 11) is 0. The molecule has 0 aliphatic carbocycles. The predicted octanol–water partition coefficient (Wildman–Crippen LogP) is 2.18. The highest BCUT2D eigenvalue weighted by Gasteiger charge is 2.32. The van der Waals surface area contributed by atoms with Crippen molar-refractivity contribution in [3.05, 3.63) is 29.8 Å². The highest BCUT2D eigenvalue weighted by atomic mass is 19.4. The molecule has 0 aromatic heterocycles. The average Bonchev–Trinajstić information content (AvgIpc) is 2.14. The van der Waals surface area contributed by atoms with Gasteiger partial charge in [-0.05, 0) is 6.07 Å². The van der Waals surface area contributed by atoms with Crippen LogP contribution >= 0.6 is 0 Å². The maximum Gasteiger partial charge on any atom is 0.573 e. The lowest BCUT2D eigenvalue weighted by Gasteiger charge is -2.12. The molecule has 1 rings (SSSR count). The number of rotatable bonds is 3. The third-order valence-electron chi connectivity index (χ3n) is 1.57. The van der Waals surface area contributed by atoms with Crippen LogP contribution in [-0.2, 0) is 11.3 Å². The molecule has 0 radical (unpaired) electrons. The van der Waals surface area contributed by atoms with Gasteiger partial charge in [0.2, 0.25) is 0 Å². The van der Waals surface area contributed by atoms with Crippen molar-refractivity contribution in [1.29, 1.82) is 0 Å². The number of carbonyl (C=O) groups is 1. The summed E-state index contributed by atoms with van der Waals surface area (Å²) < 4.78 is 44.0. The molecule has 16 heavy (non-hydrogen) atoms. The molecule has 88 valence electrons. The summed E-state index contributed by atoms with van der Waals surface area (Å²) in [6.07, 6.45) is -5.86. The number of hydrogen-bond donors (Lipinski definition) is 1. The third-order valence-corrected chi connectivity index (χ3v) is 1.57. The summed E-state index contributed by atoms with van der Waals surface area (Å²) in [4.78, 5) is 10.3. The highest BCUT2D eigenvalue weighted by Crippen LogP contribution is 2.26. The standard InChI is InChI=1S/C9H8F3NO3/c10-9(11,12)16-7-4-2-1-3-6(7)5-15-8(13)14/h1-4H,5H2,(H2,13,14). The first-order valence-corrected chi connectivity index (χ1v) is 4.14. The Kier molecular flexibility index (Phi) is 3.60. The van der Waals surface area contributed by atoms with Crippen LogP contribution < -0.4 is 10.5 Å². The van der Waals surface area contributed by atoms with Gasteiger partial charge in [-0.2, -0.15) is 0 Å².